The van der Waals surface area contributed by atoms with Gasteiger partial charge in [-0.25, -0.2) is 4.79 Å². The molecule has 0 saturated carbocycles. The number of likely N-dealkylation sites (tertiary alicyclic amines) is 1. The molecule has 1 rings (SSSR count). The zero-order valence-corrected chi connectivity index (χ0v) is 11.9. The molecule has 0 bridgehead atoms. The SMILES string of the molecule is CC(CCC(=O)O)CNC(=O)N1CCCC(C(F)(F)F)C1. The number of hydrogen-bond acceptors (Lipinski definition) is 2. The normalized spacial score (nSPS) is 21.0. The lowest BCUT2D eigenvalue weighted by atomic mass is 9.98. The van der Waals surface area contributed by atoms with Gasteiger partial charge < -0.3 is 15.3 Å². The summed E-state index contributed by atoms with van der Waals surface area (Å²) in [6.07, 6.45) is -3.44. The van der Waals surface area contributed by atoms with Crippen molar-refractivity contribution in [2.45, 2.75) is 38.8 Å². The van der Waals surface area contributed by atoms with E-state index in [1.54, 1.807) is 6.92 Å². The van der Waals surface area contributed by atoms with Crippen LogP contribution in [0.3, 0.4) is 0 Å². The molecule has 2 amide bonds. The molecule has 8 heteroatoms. The minimum atomic E-state index is -4.27. The van der Waals surface area contributed by atoms with Gasteiger partial charge in [0.15, 0.2) is 0 Å². The molecular formula is C13H21F3N2O3. The Morgan fingerprint density at radius 1 is 1.43 bits per heavy atom. The van der Waals surface area contributed by atoms with E-state index < -0.39 is 24.1 Å². The van der Waals surface area contributed by atoms with E-state index >= 15 is 0 Å². The van der Waals surface area contributed by atoms with Crippen molar-refractivity contribution < 1.29 is 27.9 Å². The summed E-state index contributed by atoms with van der Waals surface area (Å²) < 4.78 is 38.0. The van der Waals surface area contributed by atoms with Crippen LogP contribution in [0.2, 0.25) is 0 Å². The molecule has 122 valence electrons. The molecule has 1 aliphatic rings. The van der Waals surface area contributed by atoms with Gasteiger partial charge in [0.05, 0.1) is 5.92 Å². The van der Waals surface area contributed by atoms with Crippen molar-refractivity contribution in [3.63, 3.8) is 0 Å². The largest absolute Gasteiger partial charge is 0.481 e. The molecule has 0 aromatic rings. The van der Waals surface area contributed by atoms with Crippen LogP contribution < -0.4 is 5.32 Å². The molecular weight excluding hydrogens is 289 g/mol. The van der Waals surface area contributed by atoms with Crippen LogP contribution in [0.25, 0.3) is 0 Å². The average molecular weight is 310 g/mol. The first-order chi connectivity index (χ1) is 9.70. The average Bonchev–Trinajstić information content (AvgIpc) is 2.41. The van der Waals surface area contributed by atoms with E-state index in [0.717, 1.165) is 0 Å². The predicted octanol–water partition coefficient (Wildman–Crippen LogP) is 2.47. The Kier molecular flexibility index (Phi) is 6.29. The van der Waals surface area contributed by atoms with E-state index in [1.165, 1.54) is 4.90 Å². The molecule has 21 heavy (non-hydrogen) atoms. The molecule has 0 aromatic heterocycles. The Labute approximate surface area is 121 Å². The first-order valence-corrected chi connectivity index (χ1v) is 7.01. The van der Waals surface area contributed by atoms with Gasteiger partial charge >= 0.3 is 18.2 Å². The Morgan fingerprint density at radius 3 is 2.67 bits per heavy atom. The number of carboxylic acid groups (broad SMARTS) is 1. The van der Waals surface area contributed by atoms with Gasteiger partial charge in [-0.3, -0.25) is 4.79 Å². The molecule has 2 atom stereocenters. The molecule has 5 nitrogen and oxygen atoms in total. The second-order valence-electron chi connectivity index (χ2n) is 5.55. The second-order valence-corrected chi connectivity index (χ2v) is 5.55. The number of carbonyl (C=O) groups excluding carboxylic acids is 1. The summed E-state index contributed by atoms with van der Waals surface area (Å²) in [6, 6.07) is -0.508. The molecule has 0 spiro atoms. The number of aliphatic carboxylic acids is 1. The fraction of sp³-hybridized carbons (Fsp3) is 0.846. The van der Waals surface area contributed by atoms with Gasteiger partial charge in [0.2, 0.25) is 0 Å². The molecule has 1 saturated heterocycles. The number of amides is 2. The highest BCUT2D eigenvalue weighted by molar-refractivity contribution is 5.74. The summed E-state index contributed by atoms with van der Waals surface area (Å²) >= 11 is 0. The lowest BCUT2D eigenvalue weighted by Gasteiger charge is -2.33. The van der Waals surface area contributed by atoms with Crippen molar-refractivity contribution in [1.82, 2.24) is 10.2 Å². The number of nitrogens with one attached hydrogen (secondary N) is 1. The summed E-state index contributed by atoms with van der Waals surface area (Å²) in [5.74, 6) is -2.40. The molecule has 2 unspecified atom stereocenters. The molecule has 1 fully saturated rings. The minimum absolute atomic E-state index is 0.0108. The molecule has 0 aromatic carbocycles. The monoisotopic (exact) mass is 310 g/mol. The fourth-order valence-corrected chi connectivity index (χ4v) is 2.27. The number of nitrogens with zero attached hydrogens (tertiary/aromatic N) is 1. The maximum atomic E-state index is 12.7. The van der Waals surface area contributed by atoms with E-state index in [-0.39, 0.29) is 31.8 Å². The van der Waals surface area contributed by atoms with Crippen LogP contribution in [0.5, 0.6) is 0 Å². The Balaban J connectivity index is 2.36. The van der Waals surface area contributed by atoms with Crippen LogP contribution in [-0.4, -0.2) is 47.8 Å². The van der Waals surface area contributed by atoms with Gasteiger partial charge in [-0.1, -0.05) is 6.92 Å². The maximum absolute atomic E-state index is 12.7. The summed E-state index contributed by atoms with van der Waals surface area (Å²) in [4.78, 5) is 23.4. The number of carboxylic acids is 1. The van der Waals surface area contributed by atoms with Gasteiger partial charge in [-0.05, 0) is 25.2 Å². The van der Waals surface area contributed by atoms with E-state index in [4.69, 9.17) is 5.11 Å². The van der Waals surface area contributed by atoms with Crippen LogP contribution in [0.15, 0.2) is 0 Å². The van der Waals surface area contributed by atoms with Crippen LogP contribution in [0.1, 0.15) is 32.6 Å². The minimum Gasteiger partial charge on any atom is -0.481 e. The van der Waals surface area contributed by atoms with Crippen LogP contribution >= 0.6 is 0 Å². The van der Waals surface area contributed by atoms with Crippen molar-refractivity contribution in [3.05, 3.63) is 0 Å². The number of rotatable bonds is 5. The highest BCUT2D eigenvalue weighted by Crippen LogP contribution is 2.33. The Morgan fingerprint density at radius 2 is 2.10 bits per heavy atom. The van der Waals surface area contributed by atoms with E-state index in [2.05, 4.69) is 5.32 Å². The number of hydrogen-bond donors (Lipinski definition) is 2. The fourth-order valence-electron chi connectivity index (χ4n) is 2.27. The van der Waals surface area contributed by atoms with Crippen LogP contribution in [-0.2, 0) is 4.79 Å². The lowest BCUT2D eigenvalue weighted by molar-refractivity contribution is -0.184. The summed E-state index contributed by atoms with van der Waals surface area (Å²) in [6.45, 7) is 2.07. The molecule has 2 N–H and O–H groups in total. The van der Waals surface area contributed by atoms with Crippen LogP contribution in [0.4, 0.5) is 18.0 Å². The van der Waals surface area contributed by atoms with E-state index in [1.807, 2.05) is 0 Å². The Bertz CT molecular complexity index is 374. The number of halogens is 3. The van der Waals surface area contributed by atoms with Gasteiger partial charge in [0.25, 0.3) is 0 Å². The zero-order valence-electron chi connectivity index (χ0n) is 11.9. The van der Waals surface area contributed by atoms with Crippen molar-refractivity contribution in [3.8, 4) is 0 Å². The summed E-state index contributed by atoms with van der Waals surface area (Å²) in [7, 11) is 0. The highest BCUT2D eigenvalue weighted by Gasteiger charge is 2.42. The van der Waals surface area contributed by atoms with Gasteiger partial charge in [-0.2, -0.15) is 13.2 Å². The van der Waals surface area contributed by atoms with Crippen molar-refractivity contribution >= 4 is 12.0 Å². The number of piperidine rings is 1. The second kappa shape index (κ2) is 7.51. The van der Waals surface area contributed by atoms with Crippen molar-refractivity contribution in [2.75, 3.05) is 19.6 Å². The smallest absolute Gasteiger partial charge is 0.393 e. The Hall–Kier alpha value is -1.47. The zero-order chi connectivity index (χ0) is 16.0. The molecule has 0 aliphatic carbocycles. The third kappa shape index (κ3) is 6.22. The third-order valence-corrected chi connectivity index (χ3v) is 3.62. The summed E-state index contributed by atoms with van der Waals surface area (Å²) in [5, 5.41) is 11.1. The molecule has 0 radical (unpaired) electrons. The van der Waals surface area contributed by atoms with E-state index in [0.29, 0.717) is 19.4 Å². The lowest BCUT2D eigenvalue weighted by Crippen LogP contribution is -2.49. The van der Waals surface area contributed by atoms with Gasteiger partial charge in [0, 0.05) is 26.1 Å². The molecule has 1 heterocycles. The number of urea groups is 1. The number of alkyl halides is 3. The van der Waals surface area contributed by atoms with Crippen molar-refractivity contribution in [1.29, 1.82) is 0 Å². The predicted molar refractivity (Wildman–Crippen MR) is 69.8 cm³/mol. The highest BCUT2D eigenvalue weighted by atomic mass is 19.4. The maximum Gasteiger partial charge on any atom is 0.393 e. The first-order valence-electron chi connectivity index (χ1n) is 7.01. The van der Waals surface area contributed by atoms with Gasteiger partial charge in [0.1, 0.15) is 0 Å². The van der Waals surface area contributed by atoms with E-state index in [9.17, 15) is 22.8 Å². The summed E-state index contributed by atoms with van der Waals surface area (Å²) in [5.41, 5.74) is 0. The topological polar surface area (TPSA) is 69.6 Å². The number of carbonyl (C=O) groups is 2. The third-order valence-electron chi connectivity index (χ3n) is 3.62. The standard InChI is InChI=1S/C13H21F3N2O3/c1-9(4-5-11(19)20)7-17-12(21)18-6-2-3-10(8-18)13(14,15)16/h9-10H,2-8H2,1H3,(H,17,21)(H,19,20). The molecule has 1 aliphatic heterocycles. The quantitative estimate of drug-likeness (QED) is 0.819. The first kappa shape index (κ1) is 17.6. The van der Waals surface area contributed by atoms with Crippen LogP contribution in [0, 0.1) is 11.8 Å². The van der Waals surface area contributed by atoms with Crippen molar-refractivity contribution in [2.24, 2.45) is 11.8 Å². The van der Waals surface area contributed by atoms with Gasteiger partial charge in [-0.15, -0.1) is 0 Å².